The number of nitrogens with zero attached hydrogens (tertiary/aromatic N) is 4. The second-order valence-electron chi connectivity index (χ2n) is 6.75. The van der Waals surface area contributed by atoms with Crippen LogP contribution in [0.3, 0.4) is 0 Å². The molecule has 150 valence electrons. The van der Waals surface area contributed by atoms with Gasteiger partial charge in [0.2, 0.25) is 0 Å². The van der Waals surface area contributed by atoms with Crippen molar-refractivity contribution in [2.45, 2.75) is 19.3 Å². The Labute approximate surface area is 174 Å². The molecule has 0 atom stereocenters. The SMILES string of the molecule is Clc1ccc(Nc2nccc3cc(OCCCCCN4C=NCN4)ccc23)cn1. The average Bonchev–Trinajstić information content (AvgIpc) is 3.26. The van der Waals surface area contributed by atoms with E-state index in [1.165, 1.54) is 0 Å². The van der Waals surface area contributed by atoms with Crippen LogP contribution in [0.2, 0.25) is 5.15 Å². The standard InChI is InChI=1S/C21H23ClN6O/c22-20-7-4-17(13-25-20)27-21-19-6-5-18(12-16(19)8-9-24-21)29-11-3-1-2-10-28-15-23-14-26-28/h4-9,12-13,15,26H,1-3,10-11,14H2,(H,24,27). The first-order valence-corrected chi connectivity index (χ1v) is 10.1. The summed E-state index contributed by atoms with van der Waals surface area (Å²) in [5.74, 6) is 1.65. The summed E-state index contributed by atoms with van der Waals surface area (Å²) >= 11 is 5.85. The molecule has 0 spiro atoms. The van der Waals surface area contributed by atoms with Gasteiger partial charge in [0.05, 0.1) is 18.5 Å². The molecule has 0 saturated carbocycles. The first kappa shape index (κ1) is 19.4. The topological polar surface area (TPSA) is 74.7 Å². The summed E-state index contributed by atoms with van der Waals surface area (Å²) < 4.78 is 5.94. The van der Waals surface area contributed by atoms with Gasteiger partial charge in [-0.1, -0.05) is 11.6 Å². The maximum Gasteiger partial charge on any atom is 0.138 e. The summed E-state index contributed by atoms with van der Waals surface area (Å²) in [5, 5.41) is 7.88. The molecule has 0 radical (unpaired) electrons. The number of nitrogens with one attached hydrogen (secondary N) is 2. The van der Waals surface area contributed by atoms with E-state index in [9.17, 15) is 0 Å². The average molecular weight is 411 g/mol. The van der Waals surface area contributed by atoms with Crippen molar-refractivity contribution < 1.29 is 4.74 Å². The van der Waals surface area contributed by atoms with Gasteiger partial charge in [-0.15, -0.1) is 0 Å². The zero-order valence-electron chi connectivity index (χ0n) is 16.0. The first-order valence-electron chi connectivity index (χ1n) is 9.68. The van der Waals surface area contributed by atoms with Gasteiger partial charge < -0.3 is 10.1 Å². The summed E-state index contributed by atoms with van der Waals surface area (Å²) in [6.45, 7) is 2.37. The van der Waals surface area contributed by atoms with E-state index in [-0.39, 0.29) is 0 Å². The number of rotatable bonds is 9. The van der Waals surface area contributed by atoms with Gasteiger partial charge in [-0.3, -0.25) is 10.0 Å². The van der Waals surface area contributed by atoms with Crippen LogP contribution in [-0.2, 0) is 0 Å². The lowest BCUT2D eigenvalue weighted by atomic mass is 10.1. The van der Waals surface area contributed by atoms with E-state index >= 15 is 0 Å². The van der Waals surface area contributed by atoms with Crippen molar-refractivity contribution in [3.63, 3.8) is 0 Å². The van der Waals surface area contributed by atoms with Gasteiger partial charge in [0.15, 0.2) is 0 Å². The Bertz CT molecular complexity index is 979. The molecule has 0 amide bonds. The monoisotopic (exact) mass is 410 g/mol. The van der Waals surface area contributed by atoms with Gasteiger partial charge in [0.1, 0.15) is 29.7 Å². The van der Waals surface area contributed by atoms with Gasteiger partial charge in [0, 0.05) is 18.1 Å². The predicted octanol–water partition coefficient (Wildman–Crippen LogP) is 4.38. The number of unbranched alkanes of at least 4 members (excludes halogenated alkanes) is 2. The number of hydrogen-bond acceptors (Lipinski definition) is 7. The normalized spacial score (nSPS) is 13.2. The minimum absolute atomic E-state index is 0.463. The number of pyridine rings is 2. The first-order chi connectivity index (χ1) is 14.3. The van der Waals surface area contributed by atoms with Crippen LogP contribution in [0.1, 0.15) is 19.3 Å². The molecule has 0 unspecified atom stereocenters. The van der Waals surface area contributed by atoms with Gasteiger partial charge >= 0.3 is 0 Å². The molecule has 1 aliphatic rings. The van der Waals surface area contributed by atoms with Crippen molar-refractivity contribution in [1.29, 1.82) is 0 Å². The van der Waals surface area contributed by atoms with Crippen molar-refractivity contribution in [1.82, 2.24) is 20.4 Å². The fourth-order valence-corrected chi connectivity index (χ4v) is 3.24. The molecule has 1 aliphatic heterocycles. The molecule has 0 saturated heterocycles. The van der Waals surface area contributed by atoms with Crippen LogP contribution in [0, 0.1) is 0 Å². The van der Waals surface area contributed by atoms with Crippen molar-refractivity contribution in [3.05, 3.63) is 53.9 Å². The number of fused-ring (bicyclic) bond motifs is 1. The highest BCUT2D eigenvalue weighted by Gasteiger charge is 2.06. The van der Waals surface area contributed by atoms with Crippen LogP contribution in [0.5, 0.6) is 5.75 Å². The predicted molar refractivity (Wildman–Crippen MR) is 117 cm³/mol. The number of anilines is 2. The Morgan fingerprint density at radius 2 is 2.07 bits per heavy atom. The molecule has 0 fully saturated rings. The molecule has 0 aliphatic carbocycles. The second kappa shape index (κ2) is 9.54. The van der Waals surface area contributed by atoms with Crippen molar-refractivity contribution >= 4 is 40.2 Å². The zero-order valence-corrected chi connectivity index (χ0v) is 16.8. The molecule has 3 aromatic rings. The lowest BCUT2D eigenvalue weighted by Gasteiger charge is -2.14. The maximum atomic E-state index is 5.94. The van der Waals surface area contributed by atoms with E-state index < -0.39 is 0 Å². The Hall–Kier alpha value is -2.90. The summed E-state index contributed by atoms with van der Waals surface area (Å²) in [6.07, 6.45) is 8.58. The Morgan fingerprint density at radius 3 is 2.90 bits per heavy atom. The molecule has 2 N–H and O–H groups in total. The van der Waals surface area contributed by atoms with Crippen LogP contribution in [0.25, 0.3) is 10.8 Å². The highest BCUT2D eigenvalue weighted by Crippen LogP contribution is 2.27. The number of ether oxygens (including phenoxy) is 1. The quantitative estimate of drug-likeness (QED) is 0.402. The van der Waals surface area contributed by atoms with E-state index in [0.717, 1.165) is 53.8 Å². The highest BCUT2D eigenvalue weighted by molar-refractivity contribution is 6.29. The summed E-state index contributed by atoms with van der Waals surface area (Å²) in [4.78, 5) is 12.7. The van der Waals surface area contributed by atoms with Gasteiger partial charge in [-0.25, -0.2) is 15.4 Å². The molecule has 29 heavy (non-hydrogen) atoms. The van der Waals surface area contributed by atoms with Crippen LogP contribution < -0.4 is 15.5 Å². The number of halogens is 1. The van der Waals surface area contributed by atoms with Crippen LogP contribution >= 0.6 is 11.6 Å². The number of benzene rings is 1. The molecule has 2 aromatic heterocycles. The van der Waals surface area contributed by atoms with Crippen molar-refractivity contribution in [2.75, 3.05) is 25.1 Å². The fraction of sp³-hybridized carbons (Fsp3) is 0.286. The Morgan fingerprint density at radius 1 is 1.10 bits per heavy atom. The van der Waals surface area contributed by atoms with Crippen LogP contribution in [0.15, 0.2) is 53.8 Å². The largest absolute Gasteiger partial charge is 0.494 e. The second-order valence-corrected chi connectivity index (χ2v) is 7.14. The Balaban J connectivity index is 1.30. The number of aliphatic imine (C=N–C) groups is 1. The molecule has 0 bridgehead atoms. The number of hydrazine groups is 1. The maximum absolute atomic E-state index is 5.94. The zero-order chi connectivity index (χ0) is 19.9. The lowest BCUT2D eigenvalue weighted by molar-refractivity contribution is 0.294. The van der Waals surface area contributed by atoms with Gasteiger partial charge in [0.25, 0.3) is 0 Å². The van der Waals surface area contributed by atoms with E-state index in [2.05, 4.69) is 25.7 Å². The Kier molecular flexibility index (Phi) is 6.38. The van der Waals surface area contributed by atoms with Crippen LogP contribution in [0.4, 0.5) is 11.5 Å². The summed E-state index contributed by atoms with van der Waals surface area (Å²) in [6, 6.07) is 11.7. The van der Waals surface area contributed by atoms with Crippen LogP contribution in [-0.4, -0.2) is 41.1 Å². The third-order valence-corrected chi connectivity index (χ3v) is 4.85. The molecule has 7 nitrogen and oxygen atoms in total. The third kappa shape index (κ3) is 5.34. The molecular formula is C21H23ClN6O. The minimum atomic E-state index is 0.463. The highest BCUT2D eigenvalue weighted by atomic mass is 35.5. The van der Waals surface area contributed by atoms with Crippen molar-refractivity contribution in [2.24, 2.45) is 4.99 Å². The summed E-state index contributed by atoms with van der Waals surface area (Å²) in [7, 11) is 0. The number of hydrogen-bond donors (Lipinski definition) is 2. The van der Waals surface area contributed by atoms with E-state index in [1.807, 2.05) is 41.7 Å². The molecule has 4 rings (SSSR count). The van der Waals surface area contributed by atoms with E-state index in [0.29, 0.717) is 18.4 Å². The number of aromatic nitrogens is 2. The lowest BCUT2D eigenvalue weighted by Crippen LogP contribution is -2.32. The minimum Gasteiger partial charge on any atom is -0.494 e. The van der Waals surface area contributed by atoms with Gasteiger partial charge in [-0.05, 0) is 61.0 Å². The van der Waals surface area contributed by atoms with E-state index in [4.69, 9.17) is 16.3 Å². The summed E-state index contributed by atoms with van der Waals surface area (Å²) in [5.41, 5.74) is 4.01. The van der Waals surface area contributed by atoms with Crippen molar-refractivity contribution in [3.8, 4) is 5.75 Å². The fourth-order valence-electron chi connectivity index (χ4n) is 3.13. The molecule has 1 aromatic carbocycles. The smallest absolute Gasteiger partial charge is 0.138 e. The molecule has 8 heteroatoms. The van der Waals surface area contributed by atoms with Gasteiger partial charge in [-0.2, -0.15) is 0 Å². The molecular weight excluding hydrogens is 388 g/mol. The third-order valence-electron chi connectivity index (χ3n) is 4.62. The molecule has 3 heterocycles. The van der Waals surface area contributed by atoms with E-state index in [1.54, 1.807) is 18.5 Å².